The highest BCUT2D eigenvalue weighted by Crippen LogP contribution is 2.44. The Balaban J connectivity index is 1.56. The van der Waals surface area contributed by atoms with Crippen LogP contribution in [-0.2, 0) is 6.54 Å². The lowest BCUT2D eigenvalue weighted by Gasteiger charge is -2.17. The van der Waals surface area contributed by atoms with Gasteiger partial charge in [-0.3, -0.25) is 0 Å². The van der Waals surface area contributed by atoms with Crippen molar-refractivity contribution in [2.24, 2.45) is 11.8 Å². The highest BCUT2D eigenvalue weighted by Gasteiger charge is 2.40. The lowest BCUT2D eigenvalue weighted by molar-refractivity contribution is 0.0697. The van der Waals surface area contributed by atoms with Gasteiger partial charge in [-0.2, -0.15) is 0 Å². The first-order valence-corrected chi connectivity index (χ1v) is 6.79. The maximum Gasteiger partial charge on any atom is 0.335 e. The van der Waals surface area contributed by atoms with E-state index in [1.54, 1.807) is 12.1 Å². The molecule has 3 heteroatoms. The van der Waals surface area contributed by atoms with Crippen molar-refractivity contribution in [3.8, 4) is 0 Å². The molecule has 18 heavy (non-hydrogen) atoms. The van der Waals surface area contributed by atoms with Crippen LogP contribution < -0.4 is 5.32 Å². The lowest BCUT2D eigenvalue weighted by Crippen LogP contribution is -2.32. The second kappa shape index (κ2) is 4.73. The van der Waals surface area contributed by atoms with Gasteiger partial charge in [-0.15, -0.1) is 0 Å². The molecule has 2 aliphatic carbocycles. The summed E-state index contributed by atoms with van der Waals surface area (Å²) in [6.45, 7) is 0.859. The zero-order chi connectivity index (χ0) is 12.5. The van der Waals surface area contributed by atoms with Gasteiger partial charge in [0.2, 0.25) is 0 Å². The largest absolute Gasteiger partial charge is 0.478 e. The van der Waals surface area contributed by atoms with Gasteiger partial charge in [0.15, 0.2) is 0 Å². The maximum atomic E-state index is 10.8. The summed E-state index contributed by atoms with van der Waals surface area (Å²) in [6.07, 6.45) is 5.52. The molecule has 0 saturated heterocycles. The van der Waals surface area contributed by atoms with Crippen molar-refractivity contribution in [2.75, 3.05) is 0 Å². The maximum absolute atomic E-state index is 10.8. The van der Waals surface area contributed by atoms with Gasteiger partial charge in [-0.25, -0.2) is 4.79 Å². The number of hydrogen-bond acceptors (Lipinski definition) is 2. The van der Waals surface area contributed by atoms with Crippen molar-refractivity contribution in [1.29, 1.82) is 0 Å². The number of carbonyl (C=O) groups is 1. The van der Waals surface area contributed by atoms with Crippen LogP contribution in [0.1, 0.15) is 41.6 Å². The van der Waals surface area contributed by atoms with Gasteiger partial charge in [0, 0.05) is 12.6 Å². The predicted octanol–water partition coefficient (Wildman–Crippen LogP) is 2.66. The van der Waals surface area contributed by atoms with Crippen LogP contribution >= 0.6 is 0 Å². The second-order valence-corrected chi connectivity index (χ2v) is 5.58. The molecule has 0 unspecified atom stereocenters. The van der Waals surface area contributed by atoms with Crippen LogP contribution in [0.3, 0.4) is 0 Å². The molecule has 0 aliphatic heterocycles. The van der Waals surface area contributed by atoms with Crippen LogP contribution in [0.15, 0.2) is 24.3 Å². The van der Waals surface area contributed by atoms with E-state index >= 15 is 0 Å². The molecule has 0 amide bonds. The quantitative estimate of drug-likeness (QED) is 0.810. The summed E-state index contributed by atoms with van der Waals surface area (Å²) in [6, 6.07) is 7.88. The Bertz CT molecular complexity index is 420. The lowest BCUT2D eigenvalue weighted by atomic mass is 10.1. The van der Waals surface area contributed by atoms with Gasteiger partial charge in [-0.05, 0) is 55.2 Å². The molecule has 0 aromatic heterocycles. The van der Waals surface area contributed by atoms with Crippen molar-refractivity contribution < 1.29 is 9.90 Å². The molecule has 0 heterocycles. The van der Waals surface area contributed by atoms with E-state index in [-0.39, 0.29) is 0 Å². The molecule has 1 aromatic rings. The smallest absolute Gasteiger partial charge is 0.335 e. The SMILES string of the molecule is O=C(O)c1ccc(CNC(C2CC2)C2CC2)cc1. The Morgan fingerprint density at radius 1 is 1.17 bits per heavy atom. The fourth-order valence-corrected chi connectivity index (χ4v) is 2.63. The molecular formula is C15H19NO2. The number of nitrogens with one attached hydrogen (secondary N) is 1. The van der Waals surface area contributed by atoms with Crippen LogP contribution in [0.4, 0.5) is 0 Å². The molecule has 2 N–H and O–H groups in total. The van der Waals surface area contributed by atoms with E-state index in [0.717, 1.165) is 18.4 Å². The van der Waals surface area contributed by atoms with Gasteiger partial charge in [-0.1, -0.05) is 12.1 Å². The third kappa shape index (κ3) is 2.72. The van der Waals surface area contributed by atoms with Crippen molar-refractivity contribution in [2.45, 2.75) is 38.3 Å². The zero-order valence-electron chi connectivity index (χ0n) is 10.4. The highest BCUT2D eigenvalue weighted by atomic mass is 16.4. The summed E-state index contributed by atoms with van der Waals surface area (Å²) in [7, 11) is 0. The Kier molecular flexibility index (Phi) is 3.08. The molecule has 0 atom stereocenters. The van der Waals surface area contributed by atoms with Gasteiger partial charge in [0.1, 0.15) is 0 Å². The molecule has 96 valence electrons. The first kappa shape index (κ1) is 11.7. The summed E-state index contributed by atoms with van der Waals surface area (Å²) in [4.78, 5) is 10.8. The van der Waals surface area contributed by atoms with Crippen LogP contribution in [0.5, 0.6) is 0 Å². The fourth-order valence-electron chi connectivity index (χ4n) is 2.63. The number of hydrogen-bond donors (Lipinski definition) is 2. The summed E-state index contributed by atoms with van der Waals surface area (Å²) >= 11 is 0. The Morgan fingerprint density at radius 3 is 2.17 bits per heavy atom. The predicted molar refractivity (Wildman–Crippen MR) is 69.5 cm³/mol. The molecule has 2 saturated carbocycles. The number of carboxylic acids is 1. The normalized spacial score (nSPS) is 19.2. The summed E-state index contributed by atoms with van der Waals surface area (Å²) in [5.74, 6) is 0.940. The number of carboxylic acid groups (broad SMARTS) is 1. The monoisotopic (exact) mass is 245 g/mol. The third-order valence-corrected chi connectivity index (χ3v) is 4.00. The summed E-state index contributed by atoms with van der Waals surface area (Å²) in [5.41, 5.74) is 1.53. The second-order valence-electron chi connectivity index (χ2n) is 5.58. The first-order valence-electron chi connectivity index (χ1n) is 6.79. The van der Waals surface area contributed by atoms with E-state index in [4.69, 9.17) is 5.11 Å². The molecule has 3 rings (SSSR count). The molecule has 0 spiro atoms. The fraction of sp³-hybridized carbons (Fsp3) is 0.533. The minimum atomic E-state index is -0.858. The minimum absolute atomic E-state index is 0.361. The van der Waals surface area contributed by atoms with Crippen LogP contribution in [0.2, 0.25) is 0 Å². The zero-order valence-corrected chi connectivity index (χ0v) is 10.4. The van der Waals surface area contributed by atoms with Crippen molar-refractivity contribution >= 4 is 5.97 Å². The van der Waals surface area contributed by atoms with E-state index in [9.17, 15) is 4.79 Å². The Hall–Kier alpha value is -1.35. The molecule has 2 aliphatic rings. The summed E-state index contributed by atoms with van der Waals surface area (Å²) in [5, 5.41) is 12.5. The molecule has 2 fully saturated rings. The standard InChI is InChI=1S/C15H19NO2/c17-15(18)13-3-1-10(2-4-13)9-16-14(11-5-6-11)12-7-8-12/h1-4,11-12,14,16H,5-9H2,(H,17,18). The van der Waals surface area contributed by atoms with Crippen molar-refractivity contribution in [1.82, 2.24) is 5.32 Å². The van der Waals surface area contributed by atoms with E-state index in [1.807, 2.05) is 12.1 Å². The van der Waals surface area contributed by atoms with E-state index in [0.29, 0.717) is 11.6 Å². The van der Waals surface area contributed by atoms with Gasteiger partial charge < -0.3 is 10.4 Å². The minimum Gasteiger partial charge on any atom is -0.478 e. The van der Waals surface area contributed by atoms with E-state index < -0.39 is 5.97 Å². The Labute approximate surface area is 107 Å². The molecule has 1 aromatic carbocycles. The molecule has 3 nitrogen and oxygen atoms in total. The van der Waals surface area contributed by atoms with Crippen LogP contribution in [-0.4, -0.2) is 17.1 Å². The summed E-state index contributed by atoms with van der Waals surface area (Å²) < 4.78 is 0. The number of rotatable bonds is 6. The van der Waals surface area contributed by atoms with Crippen molar-refractivity contribution in [3.05, 3.63) is 35.4 Å². The number of aromatic carboxylic acids is 1. The molecule has 0 bridgehead atoms. The van der Waals surface area contributed by atoms with E-state index in [2.05, 4.69) is 5.32 Å². The molecule has 0 radical (unpaired) electrons. The van der Waals surface area contributed by atoms with Crippen LogP contribution in [0.25, 0.3) is 0 Å². The van der Waals surface area contributed by atoms with E-state index in [1.165, 1.54) is 31.2 Å². The first-order chi connectivity index (χ1) is 8.74. The molecular weight excluding hydrogens is 226 g/mol. The van der Waals surface area contributed by atoms with Gasteiger partial charge in [0.05, 0.1) is 5.56 Å². The Morgan fingerprint density at radius 2 is 1.72 bits per heavy atom. The van der Waals surface area contributed by atoms with Crippen LogP contribution in [0, 0.1) is 11.8 Å². The number of benzene rings is 1. The third-order valence-electron chi connectivity index (χ3n) is 4.00. The average molecular weight is 245 g/mol. The van der Waals surface area contributed by atoms with Crippen molar-refractivity contribution in [3.63, 3.8) is 0 Å². The van der Waals surface area contributed by atoms with Gasteiger partial charge in [0.25, 0.3) is 0 Å². The average Bonchev–Trinajstić information content (AvgIpc) is 3.24. The topological polar surface area (TPSA) is 49.3 Å². The van der Waals surface area contributed by atoms with Gasteiger partial charge >= 0.3 is 5.97 Å². The highest BCUT2D eigenvalue weighted by molar-refractivity contribution is 5.87.